The molecule has 1 saturated heterocycles. The Labute approximate surface area is 95.1 Å². The molecule has 1 aliphatic carbocycles. The lowest BCUT2D eigenvalue weighted by atomic mass is 10.1. The first-order valence-corrected chi connectivity index (χ1v) is 5.56. The van der Waals surface area contributed by atoms with Crippen molar-refractivity contribution in [3.63, 3.8) is 0 Å². The van der Waals surface area contributed by atoms with Crippen molar-refractivity contribution in [1.82, 2.24) is 4.90 Å². The standard InChI is InChI=1S/C11H18N2O3/c1-10(2,3)16-9(14)13-6-8(12-15)11(7-13)4-5-11/h15H,4-7H2,1-3H3. The first-order valence-electron chi connectivity index (χ1n) is 5.56. The van der Waals surface area contributed by atoms with E-state index in [-0.39, 0.29) is 11.5 Å². The van der Waals surface area contributed by atoms with Gasteiger partial charge in [0.05, 0.1) is 12.3 Å². The maximum absolute atomic E-state index is 11.8. The first-order chi connectivity index (χ1) is 7.36. The Kier molecular flexibility index (Phi) is 2.36. The highest BCUT2D eigenvalue weighted by molar-refractivity contribution is 5.98. The third kappa shape index (κ3) is 1.99. The van der Waals surface area contributed by atoms with Gasteiger partial charge in [-0.25, -0.2) is 4.79 Å². The number of nitrogens with zero attached hydrogens (tertiary/aromatic N) is 2. The molecule has 0 aromatic carbocycles. The Bertz CT molecular complexity index is 340. The fourth-order valence-corrected chi connectivity index (χ4v) is 2.05. The Morgan fingerprint density at radius 1 is 1.50 bits per heavy atom. The van der Waals surface area contributed by atoms with E-state index in [4.69, 9.17) is 9.94 Å². The molecule has 1 heterocycles. The van der Waals surface area contributed by atoms with Crippen LogP contribution >= 0.6 is 0 Å². The van der Waals surface area contributed by atoms with Crippen molar-refractivity contribution in [2.24, 2.45) is 10.6 Å². The minimum atomic E-state index is -0.479. The van der Waals surface area contributed by atoms with Gasteiger partial charge >= 0.3 is 6.09 Å². The Hall–Kier alpha value is -1.26. The molecule has 1 aliphatic heterocycles. The van der Waals surface area contributed by atoms with Gasteiger partial charge in [-0.15, -0.1) is 0 Å². The molecule has 1 spiro atoms. The fourth-order valence-electron chi connectivity index (χ4n) is 2.05. The van der Waals surface area contributed by atoms with Crippen LogP contribution in [0.5, 0.6) is 0 Å². The highest BCUT2D eigenvalue weighted by Gasteiger charge is 2.55. The second kappa shape index (κ2) is 3.37. The summed E-state index contributed by atoms with van der Waals surface area (Å²) in [5.41, 5.74) is 0.205. The molecule has 0 unspecified atom stereocenters. The molecule has 2 rings (SSSR count). The van der Waals surface area contributed by atoms with E-state index in [0.717, 1.165) is 18.6 Å². The van der Waals surface area contributed by atoms with E-state index in [1.807, 2.05) is 20.8 Å². The van der Waals surface area contributed by atoms with Crippen LogP contribution in [0.4, 0.5) is 4.79 Å². The van der Waals surface area contributed by atoms with Crippen LogP contribution in [0.25, 0.3) is 0 Å². The molecule has 0 atom stereocenters. The molecule has 0 aromatic heterocycles. The van der Waals surface area contributed by atoms with Crippen LogP contribution in [0.15, 0.2) is 5.16 Å². The Balaban J connectivity index is 2.01. The average molecular weight is 226 g/mol. The van der Waals surface area contributed by atoms with Crippen molar-refractivity contribution in [1.29, 1.82) is 0 Å². The number of hydrogen-bond donors (Lipinski definition) is 1. The molecule has 2 aliphatic rings. The van der Waals surface area contributed by atoms with Gasteiger partial charge in [-0.2, -0.15) is 0 Å². The van der Waals surface area contributed by atoms with Crippen LogP contribution in [0.2, 0.25) is 0 Å². The number of carbonyl (C=O) groups excluding carboxylic acids is 1. The second-order valence-electron chi connectivity index (χ2n) is 5.66. The Morgan fingerprint density at radius 3 is 2.50 bits per heavy atom. The second-order valence-corrected chi connectivity index (χ2v) is 5.66. The topological polar surface area (TPSA) is 62.1 Å². The van der Waals surface area contributed by atoms with Crippen molar-refractivity contribution < 1.29 is 14.7 Å². The molecule has 2 fully saturated rings. The molecular formula is C11H18N2O3. The van der Waals surface area contributed by atoms with Gasteiger partial charge in [0, 0.05) is 12.0 Å². The summed E-state index contributed by atoms with van der Waals surface area (Å²) >= 11 is 0. The highest BCUT2D eigenvalue weighted by Crippen LogP contribution is 2.51. The van der Waals surface area contributed by atoms with E-state index in [2.05, 4.69) is 5.16 Å². The number of hydrogen-bond acceptors (Lipinski definition) is 4. The van der Waals surface area contributed by atoms with E-state index in [1.165, 1.54) is 0 Å². The average Bonchev–Trinajstić information content (AvgIpc) is 2.77. The lowest BCUT2D eigenvalue weighted by Gasteiger charge is -2.24. The largest absolute Gasteiger partial charge is 0.444 e. The predicted octanol–water partition coefficient (Wildman–Crippen LogP) is 1.85. The maximum atomic E-state index is 11.8. The van der Waals surface area contributed by atoms with Crippen molar-refractivity contribution in [3.05, 3.63) is 0 Å². The molecule has 1 saturated carbocycles. The number of carbonyl (C=O) groups is 1. The van der Waals surface area contributed by atoms with E-state index in [1.54, 1.807) is 4.90 Å². The smallest absolute Gasteiger partial charge is 0.410 e. The zero-order valence-corrected chi connectivity index (χ0v) is 9.99. The van der Waals surface area contributed by atoms with Crippen molar-refractivity contribution in [3.8, 4) is 0 Å². The summed E-state index contributed by atoms with van der Waals surface area (Å²) in [4.78, 5) is 13.4. The number of ether oxygens (including phenoxy) is 1. The van der Waals surface area contributed by atoms with Gasteiger partial charge in [-0.1, -0.05) is 5.16 Å². The van der Waals surface area contributed by atoms with Crippen molar-refractivity contribution >= 4 is 11.8 Å². The molecule has 90 valence electrons. The molecule has 1 N–H and O–H groups in total. The van der Waals surface area contributed by atoms with Gasteiger partial charge < -0.3 is 14.8 Å². The Morgan fingerprint density at radius 2 is 2.12 bits per heavy atom. The van der Waals surface area contributed by atoms with Crippen LogP contribution in [-0.4, -0.2) is 40.6 Å². The summed E-state index contributed by atoms with van der Waals surface area (Å²) < 4.78 is 5.29. The van der Waals surface area contributed by atoms with E-state index >= 15 is 0 Å². The van der Waals surface area contributed by atoms with Crippen LogP contribution < -0.4 is 0 Å². The number of rotatable bonds is 0. The quantitative estimate of drug-likeness (QED) is 0.506. The van der Waals surface area contributed by atoms with Gasteiger partial charge in [0.2, 0.25) is 0 Å². The van der Waals surface area contributed by atoms with E-state index in [9.17, 15) is 4.79 Å². The zero-order valence-electron chi connectivity index (χ0n) is 9.99. The number of oxime groups is 1. The van der Waals surface area contributed by atoms with E-state index < -0.39 is 5.60 Å². The molecule has 0 radical (unpaired) electrons. The zero-order chi connectivity index (χ0) is 12.0. The maximum Gasteiger partial charge on any atom is 0.410 e. The fraction of sp³-hybridized carbons (Fsp3) is 0.818. The van der Waals surface area contributed by atoms with Crippen LogP contribution in [0.1, 0.15) is 33.6 Å². The highest BCUT2D eigenvalue weighted by atomic mass is 16.6. The molecule has 16 heavy (non-hydrogen) atoms. The van der Waals surface area contributed by atoms with Crippen molar-refractivity contribution in [2.45, 2.75) is 39.2 Å². The lowest BCUT2D eigenvalue weighted by Crippen LogP contribution is -2.35. The van der Waals surface area contributed by atoms with Gasteiger partial charge in [-0.05, 0) is 33.6 Å². The SMILES string of the molecule is CC(C)(C)OC(=O)N1CC(=NO)C2(CC2)C1. The number of amides is 1. The minimum Gasteiger partial charge on any atom is -0.444 e. The monoisotopic (exact) mass is 226 g/mol. The summed E-state index contributed by atoms with van der Waals surface area (Å²) in [5, 5.41) is 12.2. The third-order valence-corrected chi connectivity index (χ3v) is 3.07. The van der Waals surface area contributed by atoms with Gasteiger partial charge in [-0.3, -0.25) is 0 Å². The predicted molar refractivity (Wildman–Crippen MR) is 58.7 cm³/mol. The molecule has 0 aromatic rings. The lowest BCUT2D eigenvalue weighted by molar-refractivity contribution is 0.0289. The summed E-state index contributed by atoms with van der Waals surface area (Å²) in [6.07, 6.45) is 1.69. The van der Waals surface area contributed by atoms with Crippen LogP contribution in [0, 0.1) is 5.41 Å². The van der Waals surface area contributed by atoms with Gasteiger partial charge in [0.15, 0.2) is 0 Å². The van der Waals surface area contributed by atoms with Crippen LogP contribution in [-0.2, 0) is 4.74 Å². The van der Waals surface area contributed by atoms with E-state index in [0.29, 0.717) is 13.1 Å². The summed E-state index contributed by atoms with van der Waals surface area (Å²) in [6, 6.07) is 0. The number of likely N-dealkylation sites (tertiary alicyclic amines) is 1. The minimum absolute atomic E-state index is 0.0361. The van der Waals surface area contributed by atoms with Crippen LogP contribution in [0.3, 0.4) is 0 Å². The molecule has 5 heteroatoms. The normalized spacial score (nSPS) is 25.2. The summed E-state index contributed by atoms with van der Waals surface area (Å²) in [7, 11) is 0. The van der Waals surface area contributed by atoms with Gasteiger partial charge in [0.1, 0.15) is 5.60 Å². The molecular weight excluding hydrogens is 208 g/mol. The molecule has 5 nitrogen and oxygen atoms in total. The summed E-state index contributed by atoms with van der Waals surface area (Å²) in [5.74, 6) is 0. The third-order valence-electron chi connectivity index (χ3n) is 3.07. The van der Waals surface area contributed by atoms with Crippen molar-refractivity contribution in [2.75, 3.05) is 13.1 Å². The molecule has 1 amide bonds. The molecule has 0 bridgehead atoms. The van der Waals surface area contributed by atoms with Gasteiger partial charge in [0.25, 0.3) is 0 Å². The first kappa shape index (κ1) is 11.2. The summed E-state index contributed by atoms with van der Waals surface area (Å²) in [6.45, 7) is 6.55.